The van der Waals surface area contributed by atoms with Gasteiger partial charge in [-0.2, -0.15) is 0 Å². The molecular formula is C18H19NO4. The first kappa shape index (κ1) is 15.3. The normalized spacial score (nSPS) is 26.0. The zero-order valence-corrected chi connectivity index (χ0v) is 13.4. The van der Waals surface area contributed by atoms with Crippen LogP contribution in [0, 0.1) is 0 Å². The predicted octanol–water partition coefficient (Wildman–Crippen LogP) is 3.02. The number of aliphatic imine (C=N–C) groups is 1. The van der Waals surface area contributed by atoms with E-state index < -0.39 is 5.54 Å². The van der Waals surface area contributed by atoms with Crippen LogP contribution in [0.5, 0.6) is 11.5 Å². The van der Waals surface area contributed by atoms with Gasteiger partial charge in [-0.25, -0.2) is 9.79 Å². The standard InChI is InChI=1S/C18H19NO4/c1-4-5-6-7-16-19-18(17(20)23-16)11-13(18)12-8-9-14(21-2)15(10-12)22-3/h4-10,13H,11H2,1-3H3/b5-4+,7-6+. The molecule has 5 heteroatoms. The smallest absolute Gasteiger partial charge is 0.341 e. The zero-order chi connectivity index (χ0) is 16.4. The lowest BCUT2D eigenvalue weighted by atomic mass is 10.1. The van der Waals surface area contributed by atoms with E-state index in [0.29, 0.717) is 23.8 Å². The maximum atomic E-state index is 12.2. The van der Waals surface area contributed by atoms with Crippen LogP contribution in [0.25, 0.3) is 0 Å². The molecule has 1 heterocycles. The summed E-state index contributed by atoms with van der Waals surface area (Å²) in [6, 6.07) is 5.68. The average Bonchev–Trinajstić information content (AvgIpc) is 3.20. The highest BCUT2D eigenvalue weighted by atomic mass is 16.6. The highest BCUT2D eigenvalue weighted by Crippen LogP contribution is 2.58. The summed E-state index contributed by atoms with van der Waals surface area (Å²) in [5, 5.41) is 0. The molecule has 3 rings (SSSR count). The Kier molecular flexibility index (Phi) is 3.94. The van der Waals surface area contributed by atoms with Crippen LogP contribution in [0.3, 0.4) is 0 Å². The third-order valence-electron chi connectivity index (χ3n) is 4.14. The molecular weight excluding hydrogens is 294 g/mol. The molecule has 0 bridgehead atoms. The van der Waals surface area contributed by atoms with E-state index in [-0.39, 0.29) is 11.9 Å². The molecule has 2 atom stereocenters. The highest BCUT2D eigenvalue weighted by Gasteiger charge is 2.65. The topological polar surface area (TPSA) is 57.1 Å². The second kappa shape index (κ2) is 5.91. The number of methoxy groups -OCH3 is 2. The quantitative estimate of drug-likeness (QED) is 0.619. The summed E-state index contributed by atoms with van der Waals surface area (Å²) in [6.07, 6.45) is 7.92. The van der Waals surface area contributed by atoms with Crippen LogP contribution in [-0.2, 0) is 9.53 Å². The van der Waals surface area contributed by atoms with Crippen LogP contribution in [0.2, 0.25) is 0 Å². The summed E-state index contributed by atoms with van der Waals surface area (Å²) in [5.74, 6) is 1.42. The van der Waals surface area contributed by atoms with Gasteiger partial charge in [-0.1, -0.05) is 24.3 Å². The average molecular weight is 313 g/mol. The first-order valence-corrected chi connectivity index (χ1v) is 7.48. The van der Waals surface area contributed by atoms with E-state index in [1.54, 1.807) is 26.4 Å². The number of allylic oxidation sites excluding steroid dienone is 3. The maximum Gasteiger partial charge on any atom is 0.341 e. The van der Waals surface area contributed by atoms with E-state index in [1.807, 2.05) is 37.3 Å². The Hall–Kier alpha value is -2.56. The summed E-state index contributed by atoms with van der Waals surface area (Å²) in [6.45, 7) is 1.92. The van der Waals surface area contributed by atoms with Gasteiger partial charge in [-0.15, -0.1) is 0 Å². The first-order valence-electron chi connectivity index (χ1n) is 7.48. The number of rotatable bonds is 5. The lowest BCUT2D eigenvalue weighted by molar-refractivity contribution is -0.135. The Balaban J connectivity index is 1.84. The second-order valence-electron chi connectivity index (χ2n) is 5.52. The molecule has 1 spiro atoms. The minimum absolute atomic E-state index is 0.0161. The van der Waals surface area contributed by atoms with Crippen molar-refractivity contribution in [1.29, 1.82) is 0 Å². The van der Waals surface area contributed by atoms with Crippen molar-refractivity contribution in [3.8, 4) is 11.5 Å². The van der Waals surface area contributed by atoms with E-state index in [4.69, 9.17) is 14.2 Å². The van der Waals surface area contributed by atoms with Gasteiger partial charge in [0, 0.05) is 12.0 Å². The van der Waals surface area contributed by atoms with Crippen molar-refractivity contribution in [3.05, 3.63) is 48.1 Å². The lowest BCUT2D eigenvalue weighted by Crippen LogP contribution is -2.18. The third kappa shape index (κ3) is 2.63. The van der Waals surface area contributed by atoms with Crippen LogP contribution >= 0.6 is 0 Å². The van der Waals surface area contributed by atoms with Crippen LogP contribution < -0.4 is 9.47 Å². The summed E-state index contributed by atoms with van der Waals surface area (Å²) >= 11 is 0. The first-order chi connectivity index (χ1) is 11.1. The van der Waals surface area contributed by atoms with Gasteiger partial charge >= 0.3 is 5.97 Å². The second-order valence-corrected chi connectivity index (χ2v) is 5.52. The van der Waals surface area contributed by atoms with Crippen LogP contribution in [0.15, 0.2) is 47.5 Å². The summed E-state index contributed by atoms with van der Waals surface area (Å²) in [5.41, 5.74) is 0.233. The summed E-state index contributed by atoms with van der Waals surface area (Å²) in [4.78, 5) is 16.7. The fraction of sp³-hybridized carbons (Fsp3) is 0.333. The fourth-order valence-corrected chi connectivity index (χ4v) is 2.83. The van der Waals surface area contributed by atoms with Crippen molar-refractivity contribution in [2.24, 2.45) is 4.99 Å². The molecule has 0 amide bonds. The van der Waals surface area contributed by atoms with E-state index in [0.717, 1.165) is 5.56 Å². The van der Waals surface area contributed by atoms with E-state index in [1.165, 1.54) is 0 Å². The maximum absolute atomic E-state index is 12.2. The third-order valence-corrected chi connectivity index (χ3v) is 4.14. The number of hydrogen-bond donors (Lipinski definition) is 0. The molecule has 0 aromatic heterocycles. The van der Waals surface area contributed by atoms with Gasteiger partial charge in [0.1, 0.15) is 0 Å². The molecule has 23 heavy (non-hydrogen) atoms. The zero-order valence-electron chi connectivity index (χ0n) is 13.4. The number of carbonyl (C=O) groups excluding carboxylic acids is 1. The number of esters is 1. The van der Waals surface area contributed by atoms with E-state index >= 15 is 0 Å². The predicted molar refractivity (Wildman–Crippen MR) is 87.1 cm³/mol. The van der Waals surface area contributed by atoms with Crippen LogP contribution in [0.4, 0.5) is 0 Å². The van der Waals surface area contributed by atoms with Gasteiger partial charge < -0.3 is 14.2 Å². The fourth-order valence-electron chi connectivity index (χ4n) is 2.83. The molecule has 2 aliphatic rings. The van der Waals surface area contributed by atoms with E-state index in [2.05, 4.69) is 4.99 Å². The van der Waals surface area contributed by atoms with Crippen molar-refractivity contribution in [2.75, 3.05) is 14.2 Å². The molecule has 1 aromatic rings. The molecule has 0 saturated heterocycles. The van der Waals surface area contributed by atoms with E-state index in [9.17, 15) is 4.79 Å². The molecule has 5 nitrogen and oxygen atoms in total. The van der Waals surface area contributed by atoms with Gasteiger partial charge in [0.25, 0.3) is 0 Å². The Morgan fingerprint density at radius 3 is 2.74 bits per heavy atom. The molecule has 1 aliphatic heterocycles. The molecule has 2 unspecified atom stereocenters. The molecule has 0 N–H and O–H groups in total. The van der Waals surface area contributed by atoms with Gasteiger partial charge in [-0.05, 0) is 31.0 Å². The summed E-state index contributed by atoms with van der Waals surface area (Å²) in [7, 11) is 3.19. The lowest BCUT2D eigenvalue weighted by Gasteiger charge is -2.10. The molecule has 1 saturated carbocycles. The SMILES string of the molecule is C/C=C/C=C/C1=NC2(CC2c2ccc(OC)c(OC)c2)C(=O)O1. The minimum atomic E-state index is -0.769. The monoisotopic (exact) mass is 313 g/mol. The van der Waals surface area contributed by atoms with Crippen molar-refractivity contribution >= 4 is 11.9 Å². The minimum Gasteiger partial charge on any atom is -0.493 e. The molecule has 1 fully saturated rings. The Morgan fingerprint density at radius 2 is 2.04 bits per heavy atom. The number of carbonyl (C=O) groups is 1. The van der Waals surface area contributed by atoms with Crippen molar-refractivity contribution in [2.45, 2.75) is 24.8 Å². The number of nitrogens with zero attached hydrogens (tertiary/aromatic N) is 1. The number of hydrogen-bond acceptors (Lipinski definition) is 5. The van der Waals surface area contributed by atoms with Gasteiger partial charge in [0.2, 0.25) is 5.90 Å². The Bertz CT molecular complexity index is 720. The Labute approximate surface area is 135 Å². The van der Waals surface area contributed by atoms with Crippen molar-refractivity contribution in [1.82, 2.24) is 0 Å². The number of cyclic esters (lactones) is 1. The molecule has 120 valence electrons. The molecule has 1 aliphatic carbocycles. The van der Waals surface area contributed by atoms with Gasteiger partial charge in [0.05, 0.1) is 14.2 Å². The highest BCUT2D eigenvalue weighted by molar-refractivity contribution is 6.07. The largest absolute Gasteiger partial charge is 0.493 e. The molecule has 1 aromatic carbocycles. The van der Waals surface area contributed by atoms with Crippen LogP contribution in [-0.4, -0.2) is 31.6 Å². The Morgan fingerprint density at radius 1 is 1.26 bits per heavy atom. The van der Waals surface area contributed by atoms with Crippen molar-refractivity contribution < 1.29 is 19.0 Å². The van der Waals surface area contributed by atoms with Gasteiger partial charge in [0.15, 0.2) is 17.0 Å². The number of ether oxygens (including phenoxy) is 3. The van der Waals surface area contributed by atoms with Crippen LogP contribution in [0.1, 0.15) is 24.8 Å². The number of benzene rings is 1. The summed E-state index contributed by atoms with van der Waals surface area (Å²) < 4.78 is 15.8. The van der Waals surface area contributed by atoms with Crippen molar-refractivity contribution in [3.63, 3.8) is 0 Å². The molecule has 0 radical (unpaired) electrons. The van der Waals surface area contributed by atoms with Gasteiger partial charge in [-0.3, -0.25) is 0 Å².